The molecule has 1 fully saturated rings. The quantitative estimate of drug-likeness (QED) is 0.279. The molecule has 5 nitrogen and oxygen atoms in total. The molecule has 160 valence electrons. The lowest BCUT2D eigenvalue weighted by molar-refractivity contribution is -0.141. The van der Waals surface area contributed by atoms with Gasteiger partial charge in [0, 0.05) is 17.3 Å². The van der Waals surface area contributed by atoms with Gasteiger partial charge in [-0.2, -0.15) is 4.67 Å². The second-order valence-corrected chi connectivity index (χ2v) is 9.44. The van der Waals surface area contributed by atoms with E-state index in [0.717, 1.165) is 62.9 Å². The van der Waals surface area contributed by atoms with Crippen molar-refractivity contribution in [1.82, 2.24) is 0 Å². The number of esters is 1. The topological polar surface area (TPSA) is 55.8 Å². The van der Waals surface area contributed by atoms with E-state index in [4.69, 9.17) is 13.1 Å². The molecule has 1 aliphatic rings. The van der Waals surface area contributed by atoms with Gasteiger partial charge < -0.3 is 13.1 Å². The molecule has 1 aliphatic heterocycles. The third-order valence-corrected chi connectivity index (χ3v) is 7.90. The van der Waals surface area contributed by atoms with E-state index in [1.165, 1.54) is 7.11 Å². The van der Waals surface area contributed by atoms with Gasteiger partial charge in [0.05, 0.1) is 7.11 Å². The second-order valence-electron chi connectivity index (χ2n) is 8.08. The zero-order valence-electron chi connectivity index (χ0n) is 17.7. The summed E-state index contributed by atoms with van der Waals surface area (Å²) < 4.78 is 20.2. The first-order valence-electron chi connectivity index (χ1n) is 10.8. The van der Waals surface area contributed by atoms with Crippen LogP contribution >= 0.6 is 8.16 Å². The minimum absolute atomic E-state index is 0.237. The maximum Gasteiger partial charge on any atom is 0.323 e. The number of methoxy groups -OCH3 is 1. The molecule has 32 heavy (non-hydrogen) atoms. The molecule has 2 heterocycles. The van der Waals surface area contributed by atoms with Gasteiger partial charge in [0.2, 0.25) is 0 Å². The average molecular weight is 443 g/mol. The van der Waals surface area contributed by atoms with Crippen LogP contribution in [0.5, 0.6) is 0 Å². The minimum Gasteiger partial charge on any atom is -0.468 e. The van der Waals surface area contributed by atoms with Crippen LogP contribution in [-0.2, 0) is 9.53 Å². The number of nitrogens with zero attached hydrogens (tertiary/aromatic N) is 1. The molecule has 0 N–H and O–H groups in total. The standard InChI is InChI=1S/C26H22NO4P/c1-29-26(28)21-11-6-16-27(21)32-30-22-14-12-17-7-2-4-9-19(17)24(22)25-20-10-5-3-8-18(20)13-15-23(25)31-32/h2-5,7-10,12-15,21H,6,11,16H2,1H3/t21-/m0/s1. The SMILES string of the molecule is COC(=O)[C@@H]1CCCN1p1oc2ccc3ccccc3c2c2c(ccc3ccccc32)o1. The van der Waals surface area contributed by atoms with Crippen molar-refractivity contribution >= 4 is 57.6 Å². The van der Waals surface area contributed by atoms with Crippen LogP contribution in [0.1, 0.15) is 12.8 Å². The number of rotatable bonds is 2. The van der Waals surface area contributed by atoms with Crippen LogP contribution in [0.25, 0.3) is 43.5 Å². The van der Waals surface area contributed by atoms with Gasteiger partial charge in [-0.1, -0.05) is 60.7 Å². The summed E-state index contributed by atoms with van der Waals surface area (Å²) in [6.45, 7) is 0.733. The summed E-state index contributed by atoms with van der Waals surface area (Å²) in [4.78, 5) is 12.4. The van der Waals surface area contributed by atoms with Crippen molar-refractivity contribution in [3.05, 3.63) is 72.8 Å². The van der Waals surface area contributed by atoms with Crippen LogP contribution in [-0.4, -0.2) is 25.7 Å². The van der Waals surface area contributed by atoms with Gasteiger partial charge in [0.15, 0.2) is 0 Å². The highest BCUT2D eigenvalue weighted by Crippen LogP contribution is 2.44. The number of benzene rings is 4. The largest absolute Gasteiger partial charge is 0.468 e. The van der Waals surface area contributed by atoms with Crippen LogP contribution < -0.4 is 4.67 Å². The highest BCUT2D eigenvalue weighted by Gasteiger charge is 2.35. The lowest BCUT2D eigenvalue weighted by Gasteiger charge is -2.18. The summed E-state index contributed by atoms with van der Waals surface area (Å²) in [5, 5.41) is 6.60. The highest BCUT2D eigenvalue weighted by atomic mass is 31.1. The maximum atomic E-state index is 12.4. The van der Waals surface area contributed by atoms with Gasteiger partial charge in [-0.25, -0.2) is 0 Å². The predicted octanol–water partition coefficient (Wildman–Crippen LogP) is 6.87. The third-order valence-electron chi connectivity index (χ3n) is 6.29. The first kappa shape index (κ1) is 19.4. The molecule has 6 heteroatoms. The summed E-state index contributed by atoms with van der Waals surface area (Å²) in [6, 6.07) is 24.5. The first-order chi connectivity index (χ1) is 15.7. The Hall–Kier alpha value is -3.27. The molecule has 0 spiro atoms. The number of fused-ring (bicyclic) bond motifs is 7. The summed E-state index contributed by atoms with van der Waals surface area (Å²) in [5.41, 5.74) is 1.56. The second kappa shape index (κ2) is 7.70. The normalized spacial score (nSPS) is 16.8. The van der Waals surface area contributed by atoms with E-state index in [9.17, 15) is 4.79 Å². The summed E-state index contributed by atoms with van der Waals surface area (Å²) in [6.07, 6.45) is 1.65. The molecule has 0 saturated carbocycles. The van der Waals surface area contributed by atoms with Crippen LogP contribution in [0.15, 0.2) is 81.2 Å². The fourth-order valence-corrected chi connectivity index (χ4v) is 6.42. The van der Waals surface area contributed by atoms with E-state index in [0.29, 0.717) is 0 Å². The number of carbonyl (C=O) groups excluding carboxylic acids is 1. The molecule has 1 saturated heterocycles. The van der Waals surface area contributed by atoms with Gasteiger partial charge >= 0.3 is 14.1 Å². The van der Waals surface area contributed by atoms with Crippen LogP contribution in [0.4, 0.5) is 0 Å². The Bertz CT molecular complexity index is 1440. The maximum absolute atomic E-state index is 12.4. The van der Waals surface area contributed by atoms with Crippen LogP contribution in [0.3, 0.4) is 0 Å². The van der Waals surface area contributed by atoms with E-state index in [-0.39, 0.29) is 12.0 Å². The van der Waals surface area contributed by atoms with Gasteiger partial charge in [-0.15, -0.1) is 0 Å². The Labute approximate surface area is 185 Å². The number of hydrogen-bond acceptors (Lipinski definition) is 5. The summed E-state index contributed by atoms with van der Waals surface area (Å²) >= 11 is 0. The molecule has 0 bridgehead atoms. The van der Waals surface area contributed by atoms with Crippen molar-refractivity contribution in [2.75, 3.05) is 18.3 Å². The molecule has 0 radical (unpaired) electrons. The fraction of sp³-hybridized carbons (Fsp3) is 0.192. The Kier molecular flexibility index (Phi) is 4.67. The molecule has 1 atom stereocenters. The Morgan fingerprint density at radius 2 is 1.44 bits per heavy atom. The van der Waals surface area contributed by atoms with Crippen molar-refractivity contribution in [3.63, 3.8) is 0 Å². The molecule has 6 rings (SSSR count). The van der Waals surface area contributed by atoms with Crippen molar-refractivity contribution < 1.29 is 17.9 Å². The van der Waals surface area contributed by atoms with Gasteiger partial charge in [-0.05, 0) is 46.5 Å². The average Bonchev–Trinajstić information content (AvgIpc) is 3.26. The van der Waals surface area contributed by atoms with Gasteiger partial charge in [0.25, 0.3) is 0 Å². The molecule has 1 aromatic heterocycles. The Balaban J connectivity index is 1.78. The Morgan fingerprint density at radius 3 is 2.00 bits per heavy atom. The van der Waals surface area contributed by atoms with E-state index in [2.05, 4.69) is 48.5 Å². The summed E-state index contributed by atoms with van der Waals surface area (Å²) in [7, 11) is -0.0941. The number of ether oxygens (including phenoxy) is 1. The van der Waals surface area contributed by atoms with E-state index in [1.807, 2.05) is 28.9 Å². The summed E-state index contributed by atoms with van der Waals surface area (Å²) in [5.74, 6) is -0.237. The van der Waals surface area contributed by atoms with Crippen molar-refractivity contribution in [2.45, 2.75) is 18.9 Å². The fourth-order valence-electron chi connectivity index (χ4n) is 4.79. The zero-order valence-corrected chi connectivity index (χ0v) is 18.5. The van der Waals surface area contributed by atoms with E-state index >= 15 is 0 Å². The molecule has 0 amide bonds. The third kappa shape index (κ3) is 3.01. The van der Waals surface area contributed by atoms with Gasteiger partial charge in [0.1, 0.15) is 17.2 Å². The smallest absolute Gasteiger partial charge is 0.323 e. The van der Waals surface area contributed by atoms with Gasteiger partial charge in [-0.3, -0.25) is 4.79 Å². The first-order valence-corrected chi connectivity index (χ1v) is 11.9. The predicted molar refractivity (Wildman–Crippen MR) is 129 cm³/mol. The van der Waals surface area contributed by atoms with Crippen molar-refractivity contribution in [2.24, 2.45) is 0 Å². The lowest BCUT2D eigenvalue weighted by Crippen LogP contribution is -2.34. The van der Waals surface area contributed by atoms with E-state index in [1.54, 1.807) is 0 Å². The molecule has 0 aliphatic carbocycles. The minimum atomic E-state index is -1.53. The molecule has 4 aromatic carbocycles. The number of carbonyl (C=O) groups is 1. The van der Waals surface area contributed by atoms with Crippen LogP contribution in [0.2, 0.25) is 0 Å². The molecular weight excluding hydrogens is 421 g/mol. The molecule has 5 aromatic rings. The lowest BCUT2D eigenvalue weighted by atomic mass is 9.99. The van der Waals surface area contributed by atoms with Crippen molar-refractivity contribution in [3.8, 4) is 0 Å². The molecular formula is C26H22NO4P. The Morgan fingerprint density at radius 1 is 0.875 bits per heavy atom. The van der Waals surface area contributed by atoms with Crippen molar-refractivity contribution in [1.29, 1.82) is 0 Å². The highest BCUT2D eigenvalue weighted by molar-refractivity contribution is 7.39. The van der Waals surface area contributed by atoms with Crippen LogP contribution in [0, 0.1) is 0 Å². The molecule has 0 unspecified atom stereocenters. The monoisotopic (exact) mass is 443 g/mol. The zero-order chi connectivity index (χ0) is 21.7. The van der Waals surface area contributed by atoms with E-state index < -0.39 is 8.16 Å². The number of hydrogen-bond donors (Lipinski definition) is 0.